The summed E-state index contributed by atoms with van der Waals surface area (Å²) in [7, 11) is 0. The predicted molar refractivity (Wildman–Crippen MR) is 53.1 cm³/mol. The van der Waals surface area contributed by atoms with Crippen LogP contribution >= 0.6 is 12.2 Å². The first kappa shape index (κ1) is 9.19. The number of nitrogens with one attached hydrogen (secondary N) is 1. The van der Waals surface area contributed by atoms with Crippen molar-refractivity contribution in [3.8, 4) is 0 Å². The number of imidazole rings is 1. The molecule has 0 unspecified atom stereocenters. The summed E-state index contributed by atoms with van der Waals surface area (Å²) in [4.78, 5) is 7.45. The zero-order chi connectivity index (χ0) is 8.97. The van der Waals surface area contributed by atoms with Crippen LogP contribution in [-0.4, -0.2) is 15.0 Å². The quantitative estimate of drug-likeness (QED) is 0.693. The largest absolute Gasteiger partial charge is 0.387 e. The van der Waals surface area contributed by atoms with E-state index in [1.807, 2.05) is 0 Å². The predicted octanol–water partition coefficient (Wildman–Crippen LogP) is 1.39. The van der Waals surface area contributed by atoms with Crippen molar-refractivity contribution in [3.63, 3.8) is 0 Å². The number of hydrogen-bond acceptors (Lipinski definition) is 2. The van der Waals surface area contributed by atoms with Crippen molar-refractivity contribution in [3.05, 3.63) is 17.7 Å². The van der Waals surface area contributed by atoms with Gasteiger partial charge in [-0.15, -0.1) is 0 Å². The van der Waals surface area contributed by atoms with Crippen LogP contribution < -0.4 is 5.73 Å². The van der Waals surface area contributed by atoms with Gasteiger partial charge in [-0.2, -0.15) is 0 Å². The molecule has 0 aliphatic carbocycles. The van der Waals surface area contributed by atoms with Gasteiger partial charge in [-0.1, -0.05) is 25.6 Å². The normalized spacial score (nSPS) is 10.1. The summed E-state index contributed by atoms with van der Waals surface area (Å²) in [5.41, 5.74) is 6.50. The standard InChI is InChI=1S/C8H13N3S/c1-2-3-4-6-5-10-8(11-6)7(9)12/h5H,2-4H2,1H3,(H2,9,12)(H,10,11). The second-order valence-electron chi connectivity index (χ2n) is 2.72. The SMILES string of the molecule is CCCCc1cnc(C(N)=S)[nH]1. The van der Waals surface area contributed by atoms with E-state index in [1.165, 1.54) is 12.8 Å². The summed E-state index contributed by atoms with van der Waals surface area (Å²) in [6.45, 7) is 2.16. The first-order valence-corrected chi connectivity index (χ1v) is 4.48. The number of aryl methyl sites for hydroxylation is 1. The second kappa shape index (κ2) is 4.21. The fourth-order valence-electron chi connectivity index (χ4n) is 0.979. The number of rotatable bonds is 4. The number of nitrogens with two attached hydrogens (primary N) is 1. The molecule has 1 heterocycles. The molecule has 1 aromatic heterocycles. The van der Waals surface area contributed by atoms with E-state index in [0.29, 0.717) is 10.8 Å². The molecule has 0 spiro atoms. The summed E-state index contributed by atoms with van der Waals surface area (Å²) >= 11 is 4.77. The lowest BCUT2D eigenvalue weighted by Crippen LogP contribution is -2.11. The molecular weight excluding hydrogens is 170 g/mol. The minimum absolute atomic E-state index is 0.331. The van der Waals surface area contributed by atoms with Crippen molar-refractivity contribution in [2.75, 3.05) is 0 Å². The van der Waals surface area contributed by atoms with Crippen LogP contribution in [0.3, 0.4) is 0 Å². The maximum atomic E-state index is 5.39. The smallest absolute Gasteiger partial charge is 0.164 e. The molecular formula is C8H13N3S. The molecule has 66 valence electrons. The fourth-order valence-corrected chi connectivity index (χ4v) is 1.08. The molecule has 0 aliphatic rings. The molecule has 0 aliphatic heterocycles. The number of hydrogen-bond donors (Lipinski definition) is 2. The van der Waals surface area contributed by atoms with Crippen molar-refractivity contribution in [1.29, 1.82) is 0 Å². The van der Waals surface area contributed by atoms with E-state index < -0.39 is 0 Å². The van der Waals surface area contributed by atoms with Crippen LogP contribution in [0.1, 0.15) is 31.3 Å². The lowest BCUT2D eigenvalue weighted by Gasteiger charge is -1.93. The molecule has 0 bridgehead atoms. The average molecular weight is 183 g/mol. The molecule has 1 rings (SSSR count). The van der Waals surface area contributed by atoms with E-state index in [4.69, 9.17) is 18.0 Å². The summed E-state index contributed by atoms with van der Waals surface area (Å²) < 4.78 is 0. The van der Waals surface area contributed by atoms with Crippen molar-refractivity contribution >= 4 is 17.2 Å². The van der Waals surface area contributed by atoms with Gasteiger partial charge in [-0.25, -0.2) is 4.98 Å². The highest BCUT2D eigenvalue weighted by atomic mass is 32.1. The Labute approximate surface area is 77.4 Å². The van der Waals surface area contributed by atoms with E-state index in [0.717, 1.165) is 12.1 Å². The van der Waals surface area contributed by atoms with Gasteiger partial charge >= 0.3 is 0 Å². The lowest BCUT2D eigenvalue weighted by molar-refractivity contribution is 0.780. The van der Waals surface area contributed by atoms with Gasteiger partial charge in [0.05, 0.1) is 0 Å². The highest BCUT2D eigenvalue weighted by molar-refractivity contribution is 7.80. The Morgan fingerprint density at radius 2 is 2.50 bits per heavy atom. The molecule has 12 heavy (non-hydrogen) atoms. The maximum Gasteiger partial charge on any atom is 0.164 e. The van der Waals surface area contributed by atoms with Crippen LogP contribution in [-0.2, 0) is 6.42 Å². The Morgan fingerprint density at radius 1 is 1.75 bits per heavy atom. The number of H-pyrrole nitrogens is 1. The van der Waals surface area contributed by atoms with Crippen molar-refractivity contribution in [1.82, 2.24) is 9.97 Å². The molecule has 4 heteroatoms. The monoisotopic (exact) mass is 183 g/mol. The zero-order valence-electron chi connectivity index (χ0n) is 7.13. The van der Waals surface area contributed by atoms with Crippen LogP contribution in [0.4, 0.5) is 0 Å². The Balaban J connectivity index is 2.58. The molecule has 3 nitrogen and oxygen atoms in total. The highest BCUT2D eigenvalue weighted by Crippen LogP contribution is 2.02. The van der Waals surface area contributed by atoms with E-state index in [1.54, 1.807) is 6.20 Å². The number of aromatic amines is 1. The van der Waals surface area contributed by atoms with Crippen LogP contribution in [0, 0.1) is 0 Å². The first-order valence-electron chi connectivity index (χ1n) is 4.07. The van der Waals surface area contributed by atoms with Crippen molar-refractivity contribution in [2.45, 2.75) is 26.2 Å². The Morgan fingerprint density at radius 3 is 3.00 bits per heavy atom. The molecule has 0 atom stereocenters. The second-order valence-corrected chi connectivity index (χ2v) is 3.16. The minimum atomic E-state index is 0.331. The minimum Gasteiger partial charge on any atom is -0.387 e. The van der Waals surface area contributed by atoms with Gasteiger partial charge in [0.2, 0.25) is 0 Å². The molecule has 0 fully saturated rings. The maximum absolute atomic E-state index is 5.39. The van der Waals surface area contributed by atoms with Crippen LogP contribution in [0.5, 0.6) is 0 Å². The topological polar surface area (TPSA) is 54.7 Å². The van der Waals surface area contributed by atoms with E-state index in [-0.39, 0.29) is 0 Å². The van der Waals surface area contributed by atoms with Crippen LogP contribution in [0.25, 0.3) is 0 Å². The number of nitrogens with zero attached hydrogens (tertiary/aromatic N) is 1. The number of thiocarbonyl (C=S) groups is 1. The number of unbranched alkanes of at least 4 members (excludes halogenated alkanes) is 1. The summed E-state index contributed by atoms with van der Waals surface area (Å²) in [5.74, 6) is 0.621. The summed E-state index contributed by atoms with van der Waals surface area (Å²) in [6.07, 6.45) is 5.16. The summed E-state index contributed by atoms with van der Waals surface area (Å²) in [6, 6.07) is 0. The van der Waals surface area contributed by atoms with Gasteiger partial charge in [0, 0.05) is 11.9 Å². The average Bonchev–Trinajstić information content (AvgIpc) is 2.48. The van der Waals surface area contributed by atoms with Gasteiger partial charge in [0.25, 0.3) is 0 Å². The fraction of sp³-hybridized carbons (Fsp3) is 0.500. The van der Waals surface area contributed by atoms with E-state index >= 15 is 0 Å². The zero-order valence-corrected chi connectivity index (χ0v) is 7.95. The van der Waals surface area contributed by atoms with Gasteiger partial charge < -0.3 is 10.7 Å². The Hall–Kier alpha value is -0.900. The first-order chi connectivity index (χ1) is 5.74. The molecule has 0 saturated carbocycles. The number of aromatic nitrogens is 2. The molecule has 0 radical (unpaired) electrons. The van der Waals surface area contributed by atoms with E-state index in [2.05, 4.69) is 16.9 Å². The van der Waals surface area contributed by atoms with E-state index in [9.17, 15) is 0 Å². The third-order valence-electron chi connectivity index (χ3n) is 1.66. The van der Waals surface area contributed by atoms with Crippen molar-refractivity contribution < 1.29 is 0 Å². The Kier molecular flexibility index (Phi) is 3.22. The van der Waals surface area contributed by atoms with Gasteiger partial charge in [-0.05, 0) is 12.8 Å². The van der Waals surface area contributed by atoms with Crippen LogP contribution in [0.15, 0.2) is 6.20 Å². The third kappa shape index (κ3) is 2.30. The van der Waals surface area contributed by atoms with Crippen molar-refractivity contribution in [2.24, 2.45) is 5.73 Å². The molecule has 0 amide bonds. The Bertz CT molecular complexity index is 267. The van der Waals surface area contributed by atoms with Gasteiger partial charge in [0.15, 0.2) is 5.82 Å². The lowest BCUT2D eigenvalue weighted by atomic mass is 10.2. The highest BCUT2D eigenvalue weighted by Gasteiger charge is 2.01. The third-order valence-corrected chi connectivity index (χ3v) is 1.85. The van der Waals surface area contributed by atoms with Crippen LogP contribution in [0.2, 0.25) is 0 Å². The molecule has 0 aromatic carbocycles. The van der Waals surface area contributed by atoms with Gasteiger partial charge in [-0.3, -0.25) is 0 Å². The summed E-state index contributed by atoms with van der Waals surface area (Å²) in [5, 5.41) is 0. The van der Waals surface area contributed by atoms with Gasteiger partial charge in [0.1, 0.15) is 4.99 Å². The molecule has 0 saturated heterocycles. The molecule has 1 aromatic rings. The molecule has 3 N–H and O–H groups in total.